The highest BCUT2D eigenvalue weighted by Gasteiger charge is 2.18. The minimum absolute atomic E-state index is 0.106. The molecule has 1 unspecified atom stereocenters. The molecule has 0 aliphatic carbocycles. The number of imidazole rings is 1. The molecule has 2 aromatic rings. The van der Waals surface area contributed by atoms with Crippen LogP contribution in [-0.2, 0) is 24.8 Å². The molecule has 0 aliphatic rings. The third kappa shape index (κ3) is 2.08. The lowest BCUT2D eigenvalue weighted by atomic mass is 10.3. The molecular weight excluding hydrogens is 230 g/mol. The molecule has 0 radical (unpaired) electrons. The number of rotatable bonds is 5. The Morgan fingerprint density at radius 3 is 2.72 bits per heavy atom. The first-order chi connectivity index (χ1) is 8.58. The Bertz CT molecular complexity index is 542. The van der Waals surface area contributed by atoms with E-state index in [2.05, 4.69) is 17.0 Å². The van der Waals surface area contributed by atoms with E-state index in [1.54, 1.807) is 0 Å². The van der Waals surface area contributed by atoms with Gasteiger partial charge in [0.15, 0.2) is 5.65 Å². The molecule has 0 saturated heterocycles. The third-order valence-electron chi connectivity index (χ3n) is 3.05. The highest BCUT2D eigenvalue weighted by molar-refractivity contribution is 5.77. The van der Waals surface area contributed by atoms with Crippen molar-refractivity contribution >= 4 is 17.1 Å². The minimum Gasteiger partial charge on any atom is -0.377 e. The maximum Gasteiger partial charge on any atom is 0.202 e. The van der Waals surface area contributed by atoms with E-state index >= 15 is 0 Å². The highest BCUT2D eigenvalue weighted by Crippen LogP contribution is 2.21. The van der Waals surface area contributed by atoms with Gasteiger partial charge in [-0.1, -0.05) is 6.92 Å². The van der Waals surface area contributed by atoms with Crippen LogP contribution in [0.4, 0.5) is 5.95 Å². The quantitative estimate of drug-likeness (QED) is 0.870. The number of hydrogen-bond donors (Lipinski definition) is 1. The SMILES string of the molecule is CCOC(C)Cn1c(N)nc2c(CC)nn(C)c21. The maximum atomic E-state index is 5.99. The number of ether oxygens (including phenoxy) is 1. The van der Waals surface area contributed by atoms with Crippen molar-refractivity contribution in [2.45, 2.75) is 39.8 Å². The second-order valence-corrected chi connectivity index (χ2v) is 4.44. The molecule has 0 amide bonds. The predicted molar refractivity (Wildman–Crippen MR) is 71.4 cm³/mol. The Balaban J connectivity index is 2.43. The largest absolute Gasteiger partial charge is 0.377 e. The summed E-state index contributed by atoms with van der Waals surface area (Å²) in [5.74, 6) is 0.527. The van der Waals surface area contributed by atoms with Gasteiger partial charge in [0.2, 0.25) is 5.95 Å². The van der Waals surface area contributed by atoms with E-state index in [9.17, 15) is 0 Å². The Kier molecular flexibility index (Phi) is 3.56. The summed E-state index contributed by atoms with van der Waals surface area (Å²) in [5, 5.41) is 4.46. The zero-order valence-electron chi connectivity index (χ0n) is 11.5. The van der Waals surface area contributed by atoms with Crippen LogP contribution in [0.3, 0.4) is 0 Å². The van der Waals surface area contributed by atoms with Crippen molar-refractivity contribution in [1.82, 2.24) is 19.3 Å². The number of nitrogens with zero attached hydrogens (tertiary/aromatic N) is 4. The molecule has 6 heteroatoms. The summed E-state index contributed by atoms with van der Waals surface area (Å²) in [6.07, 6.45) is 0.962. The van der Waals surface area contributed by atoms with Gasteiger partial charge in [-0.05, 0) is 20.3 Å². The zero-order chi connectivity index (χ0) is 13.3. The molecule has 0 aromatic carbocycles. The van der Waals surface area contributed by atoms with Gasteiger partial charge in [-0.15, -0.1) is 0 Å². The number of fused-ring (bicyclic) bond motifs is 1. The Labute approximate surface area is 107 Å². The van der Waals surface area contributed by atoms with Gasteiger partial charge in [0.05, 0.1) is 18.3 Å². The van der Waals surface area contributed by atoms with Gasteiger partial charge >= 0.3 is 0 Å². The molecular formula is C12H21N5O. The van der Waals surface area contributed by atoms with Crippen molar-refractivity contribution in [1.29, 1.82) is 0 Å². The average Bonchev–Trinajstić information content (AvgIpc) is 2.79. The van der Waals surface area contributed by atoms with Crippen molar-refractivity contribution in [3.05, 3.63) is 5.69 Å². The summed E-state index contributed by atoms with van der Waals surface area (Å²) in [6, 6.07) is 0. The van der Waals surface area contributed by atoms with Gasteiger partial charge in [0.1, 0.15) is 5.52 Å². The van der Waals surface area contributed by atoms with Crippen LogP contribution >= 0.6 is 0 Å². The predicted octanol–water partition coefficient (Wildman–Crippen LogP) is 1.34. The second-order valence-electron chi connectivity index (χ2n) is 4.44. The normalized spacial score (nSPS) is 13.3. The average molecular weight is 251 g/mol. The highest BCUT2D eigenvalue weighted by atomic mass is 16.5. The molecule has 0 saturated carbocycles. The third-order valence-corrected chi connectivity index (χ3v) is 3.05. The second kappa shape index (κ2) is 4.97. The van der Waals surface area contributed by atoms with Crippen molar-refractivity contribution in [2.24, 2.45) is 7.05 Å². The lowest BCUT2D eigenvalue weighted by molar-refractivity contribution is 0.0650. The summed E-state index contributed by atoms with van der Waals surface area (Å²) in [6.45, 7) is 7.48. The van der Waals surface area contributed by atoms with Crippen LogP contribution in [0.15, 0.2) is 0 Å². The van der Waals surface area contributed by atoms with Crippen molar-refractivity contribution < 1.29 is 4.74 Å². The van der Waals surface area contributed by atoms with Crippen LogP contribution in [0.5, 0.6) is 0 Å². The smallest absolute Gasteiger partial charge is 0.202 e. The van der Waals surface area contributed by atoms with E-state index in [1.165, 1.54) is 0 Å². The number of aryl methyl sites for hydroxylation is 2. The van der Waals surface area contributed by atoms with Crippen molar-refractivity contribution in [3.8, 4) is 0 Å². The zero-order valence-corrected chi connectivity index (χ0v) is 11.5. The molecule has 0 aliphatic heterocycles. The molecule has 2 heterocycles. The van der Waals surface area contributed by atoms with E-state index in [1.807, 2.05) is 30.1 Å². The fraction of sp³-hybridized carbons (Fsp3) is 0.667. The van der Waals surface area contributed by atoms with Crippen LogP contribution in [0.1, 0.15) is 26.5 Å². The molecule has 18 heavy (non-hydrogen) atoms. The molecule has 0 spiro atoms. The van der Waals surface area contributed by atoms with Gasteiger partial charge in [-0.2, -0.15) is 5.10 Å². The van der Waals surface area contributed by atoms with Crippen LogP contribution in [0.25, 0.3) is 11.2 Å². The Morgan fingerprint density at radius 1 is 1.39 bits per heavy atom. The van der Waals surface area contributed by atoms with Gasteiger partial charge < -0.3 is 10.5 Å². The molecule has 2 N–H and O–H groups in total. The van der Waals surface area contributed by atoms with E-state index in [0.717, 1.165) is 23.3 Å². The monoisotopic (exact) mass is 251 g/mol. The number of hydrogen-bond acceptors (Lipinski definition) is 4. The van der Waals surface area contributed by atoms with Crippen molar-refractivity contribution in [2.75, 3.05) is 12.3 Å². The standard InChI is InChI=1S/C12H21N5O/c1-5-9-10-11(16(4)15-9)17(12(13)14-10)7-8(3)18-6-2/h8H,5-7H2,1-4H3,(H2,13,14). The summed E-state index contributed by atoms with van der Waals surface area (Å²) in [4.78, 5) is 4.42. The van der Waals surface area contributed by atoms with Crippen molar-refractivity contribution in [3.63, 3.8) is 0 Å². The van der Waals surface area contributed by atoms with E-state index in [4.69, 9.17) is 10.5 Å². The lowest BCUT2D eigenvalue weighted by Crippen LogP contribution is -2.19. The van der Waals surface area contributed by atoms with E-state index in [-0.39, 0.29) is 6.10 Å². The summed E-state index contributed by atoms with van der Waals surface area (Å²) in [5.41, 5.74) is 8.85. The molecule has 0 bridgehead atoms. The fourth-order valence-electron chi connectivity index (χ4n) is 2.27. The van der Waals surface area contributed by atoms with Crippen LogP contribution in [0.2, 0.25) is 0 Å². The minimum atomic E-state index is 0.106. The first-order valence-corrected chi connectivity index (χ1v) is 6.37. The topological polar surface area (TPSA) is 70.9 Å². The van der Waals surface area contributed by atoms with Crippen LogP contribution in [-0.4, -0.2) is 32.0 Å². The maximum absolute atomic E-state index is 5.99. The van der Waals surface area contributed by atoms with Gasteiger partial charge in [-0.25, -0.2) is 4.98 Å². The fourth-order valence-corrected chi connectivity index (χ4v) is 2.27. The van der Waals surface area contributed by atoms with Gasteiger partial charge in [0.25, 0.3) is 0 Å². The summed E-state index contributed by atoms with van der Waals surface area (Å²) in [7, 11) is 1.92. The van der Waals surface area contributed by atoms with E-state index < -0.39 is 0 Å². The molecule has 2 rings (SSSR count). The molecule has 100 valence electrons. The van der Waals surface area contributed by atoms with Gasteiger partial charge in [-0.3, -0.25) is 9.25 Å². The molecule has 2 aromatic heterocycles. The molecule has 6 nitrogen and oxygen atoms in total. The van der Waals surface area contributed by atoms with Gasteiger partial charge in [0, 0.05) is 13.7 Å². The number of aromatic nitrogens is 4. The first-order valence-electron chi connectivity index (χ1n) is 6.37. The first kappa shape index (κ1) is 12.9. The van der Waals surface area contributed by atoms with Crippen LogP contribution < -0.4 is 5.73 Å². The summed E-state index contributed by atoms with van der Waals surface area (Å²) < 4.78 is 9.38. The summed E-state index contributed by atoms with van der Waals surface area (Å²) >= 11 is 0. The lowest BCUT2D eigenvalue weighted by Gasteiger charge is -2.13. The number of anilines is 1. The van der Waals surface area contributed by atoms with Crippen LogP contribution in [0, 0.1) is 0 Å². The Morgan fingerprint density at radius 2 is 2.11 bits per heavy atom. The Hall–Kier alpha value is -1.56. The number of nitrogen functional groups attached to an aromatic ring is 1. The molecule has 1 atom stereocenters. The van der Waals surface area contributed by atoms with E-state index in [0.29, 0.717) is 19.1 Å². The number of nitrogens with two attached hydrogens (primary N) is 1. The molecule has 0 fully saturated rings.